The highest BCUT2D eigenvalue weighted by atomic mass is 15.1. The number of H-pyrrole nitrogens is 1. The molecule has 0 atom stereocenters. The molecule has 0 aliphatic carbocycles. The van der Waals surface area contributed by atoms with E-state index in [-0.39, 0.29) is 0 Å². The SMILES string of the molecule is CC(C)c1ccc(-c2cc(-c3cccnc3N)[nH]n2)cc1. The summed E-state index contributed by atoms with van der Waals surface area (Å²) in [6, 6.07) is 14.3. The van der Waals surface area contributed by atoms with E-state index in [9.17, 15) is 0 Å². The lowest BCUT2D eigenvalue weighted by Gasteiger charge is -2.05. The van der Waals surface area contributed by atoms with Crippen LogP contribution in [0, 0.1) is 0 Å². The summed E-state index contributed by atoms with van der Waals surface area (Å²) in [5.74, 6) is 1.03. The second-order valence-electron chi connectivity index (χ2n) is 5.38. The van der Waals surface area contributed by atoms with Crippen molar-refractivity contribution in [3.05, 3.63) is 54.2 Å². The minimum atomic E-state index is 0.503. The zero-order chi connectivity index (χ0) is 14.8. The van der Waals surface area contributed by atoms with Gasteiger partial charge in [-0.3, -0.25) is 5.10 Å². The molecule has 1 aromatic carbocycles. The third kappa shape index (κ3) is 2.65. The lowest BCUT2D eigenvalue weighted by Crippen LogP contribution is -1.92. The van der Waals surface area contributed by atoms with E-state index >= 15 is 0 Å². The molecule has 3 rings (SSSR count). The molecule has 0 saturated carbocycles. The van der Waals surface area contributed by atoms with Crippen LogP contribution in [0.3, 0.4) is 0 Å². The molecule has 0 spiro atoms. The molecule has 0 unspecified atom stereocenters. The third-order valence-electron chi connectivity index (χ3n) is 3.58. The molecular formula is C17H18N4. The Morgan fingerprint density at radius 2 is 1.86 bits per heavy atom. The van der Waals surface area contributed by atoms with E-state index in [4.69, 9.17) is 5.73 Å². The van der Waals surface area contributed by atoms with Crippen LogP contribution in [0.1, 0.15) is 25.3 Å². The van der Waals surface area contributed by atoms with Gasteiger partial charge in [-0.05, 0) is 29.7 Å². The number of nitrogens with zero attached hydrogens (tertiary/aromatic N) is 2. The number of nitrogens with two attached hydrogens (primary N) is 1. The van der Waals surface area contributed by atoms with E-state index in [0.29, 0.717) is 11.7 Å². The predicted octanol–water partition coefficient (Wildman–Crippen LogP) is 3.84. The summed E-state index contributed by atoms with van der Waals surface area (Å²) in [7, 11) is 0. The van der Waals surface area contributed by atoms with Crippen molar-refractivity contribution in [3.63, 3.8) is 0 Å². The van der Waals surface area contributed by atoms with Crippen LogP contribution in [0.2, 0.25) is 0 Å². The molecule has 4 nitrogen and oxygen atoms in total. The van der Waals surface area contributed by atoms with Gasteiger partial charge in [0.15, 0.2) is 0 Å². The van der Waals surface area contributed by atoms with Crippen molar-refractivity contribution < 1.29 is 0 Å². The Bertz CT molecular complexity index is 741. The van der Waals surface area contributed by atoms with Crippen LogP contribution in [0.5, 0.6) is 0 Å². The second-order valence-corrected chi connectivity index (χ2v) is 5.38. The molecule has 0 bridgehead atoms. The van der Waals surface area contributed by atoms with Gasteiger partial charge in [-0.2, -0.15) is 5.10 Å². The van der Waals surface area contributed by atoms with Crippen molar-refractivity contribution in [3.8, 4) is 22.5 Å². The van der Waals surface area contributed by atoms with Crippen LogP contribution in [0.4, 0.5) is 5.82 Å². The Morgan fingerprint density at radius 1 is 1.10 bits per heavy atom. The van der Waals surface area contributed by atoms with Gasteiger partial charge in [0, 0.05) is 17.3 Å². The summed E-state index contributed by atoms with van der Waals surface area (Å²) in [5.41, 5.74) is 11.0. The number of pyridine rings is 1. The molecule has 4 heteroatoms. The van der Waals surface area contributed by atoms with Gasteiger partial charge in [-0.15, -0.1) is 0 Å². The Labute approximate surface area is 124 Å². The number of hydrogen-bond donors (Lipinski definition) is 2. The largest absolute Gasteiger partial charge is 0.383 e. The van der Waals surface area contributed by atoms with Gasteiger partial charge in [0.1, 0.15) is 5.82 Å². The fourth-order valence-corrected chi connectivity index (χ4v) is 2.29. The molecule has 0 aliphatic rings. The van der Waals surface area contributed by atoms with Gasteiger partial charge >= 0.3 is 0 Å². The molecule has 0 radical (unpaired) electrons. The molecule has 3 aromatic rings. The van der Waals surface area contributed by atoms with E-state index in [2.05, 4.69) is 53.3 Å². The highest BCUT2D eigenvalue weighted by molar-refractivity contribution is 5.74. The lowest BCUT2D eigenvalue weighted by molar-refractivity contribution is 0.867. The number of nitrogen functional groups attached to an aromatic ring is 1. The number of anilines is 1. The smallest absolute Gasteiger partial charge is 0.132 e. The first kappa shape index (κ1) is 13.4. The van der Waals surface area contributed by atoms with Gasteiger partial charge < -0.3 is 5.73 Å². The Balaban J connectivity index is 1.93. The van der Waals surface area contributed by atoms with Crippen LogP contribution in [-0.4, -0.2) is 15.2 Å². The quantitative estimate of drug-likeness (QED) is 0.764. The van der Waals surface area contributed by atoms with Crippen molar-refractivity contribution >= 4 is 5.82 Å². The van der Waals surface area contributed by atoms with Gasteiger partial charge in [-0.25, -0.2) is 4.98 Å². The number of benzene rings is 1. The third-order valence-corrected chi connectivity index (χ3v) is 3.58. The average Bonchev–Trinajstić information content (AvgIpc) is 2.97. The van der Waals surface area contributed by atoms with Gasteiger partial charge in [0.05, 0.1) is 11.4 Å². The number of nitrogens with one attached hydrogen (secondary N) is 1. The first-order valence-electron chi connectivity index (χ1n) is 7.02. The highest BCUT2D eigenvalue weighted by Gasteiger charge is 2.09. The summed E-state index contributed by atoms with van der Waals surface area (Å²) in [5, 5.41) is 7.40. The van der Waals surface area contributed by atoms with Gasteiger partial charge in [0.2, 0.25) is 0 Å². The summed E-state index contributed by atoms with van der Waals surface area (Å²) >= 11 is 0. The molecule has 21 heavy (non-hydrogen) atoms. The lowest BCUT2D eigenvalue weighted by atomic mass is 10.0. The first-order valence-corrected chi connectivity index (χ1v) is 7.02. The molecule has 106 valence electrons. The van der Waals surface area contributed by atoms with Crippen LogP contribution in [0.25, 0.3) is 22.5 Å². The van der Waals surface area contributed by atoms with Crippen LogP contribution < -0.4 is 5.73 Å². The van der Waals surface area contributed by atoms with Crippen LogP contribution in [0.15, 0.2) is 48.7 Å². The number of hydrogen-bond acceptors (Lipinski definition) is 3. The maximum absolute atomic E-state index is 5.89. The summed E-state index contributed by atoms with van der Waals surface area (Å²) in [4.78, 5) is 4.10. The number of aromatic amines is 1. The maximum Gasteiger partial charge on any atom is 0.132 e. The molecule has 0 saturated heterocycles. The fraction of sp³-hybridized carbons (Fsp3) is 0.176. The van der Waals surface area contributed by atoms with Crippen molar-refractivity contribution in [1.29, 1.82) is 0 Å². The van der Waals surface area contributed by atoms with Gasteiger partial charge in [0.25, 0.3) is 0 Å². The van der Waals surface area contributed by atoms with E-state index < -0.39 is 0 Å². The van der Waals surface area contributed by atoms with E-state index in [0.717, 1.165) is 22.5 Å². The molecule has 0 aliphatic heterocycles. The monoisotopic (exact) mass is 278 g/mol. The van der Waals surface area contributed by atoms with E-state index in [1.165, 1.54) is 5.56 Å². The van der Waals surface area contributed by atoms with Crippen LogP contribution >= 0.6 is 0 Å². The zero-order valence-corrected chi connectivity index (χ0v) is 12.2. The minimum Gasteiger partial charge on any atom is -0.383 e. The molecule has 3 N–H and O–H groups in total. The highest BCUT2D eigenvalue weighted by Crippen LogP contribution is 2.27. The summed E-state index contributed by atoms with van der Waals surface area (Å²) in [6.45, 7) is 4.37. The van der Waals surface area contributed by atoms with Crippen molar-refractivity contribution in [1.82, 2.24) is 15.2 Å². The van der Waals surface area contributed by atoms with Crippen molar-refractivity contribution in [2.45, 2.75) is 19.8 Å². The number of rotatable bonds is 3. The Kier molecular flexibility index (Phi) is 3.44. The molecule has 0 fully saturated rings. The second kappa shape index (κ2) is 5.40. The zero-order valence-electron chi connectivity index (χ0n) is 12.2. The maximum atomic E-state index is 5.89. The van der Waals surface area contributed by atoms with Crippen LogP contribution in [-0.2, 0) is 0 Å². The minimum absolute atomic E-state index is 0.503. The van der Waals surface area contributed by atoms with E-state index in [1.807, 2.05) is 18.2 Å². The Morgan fingerprint density at radius 3 is 2.52 bits per heavy atom. The first-order chi connectivity index (χ1) is 10.1. The van der Waals surface area contributed by atoms with Gasteiger partial charge in [-0.1, -0.05) is 38.1 Å². The normalized spacial score (nSPS) is 11.0. The molecule has 0 amide bonds. The Hall–Kier alpha value is -2.62. The standard InChI is InChI=1S/C17H18N4/c1-11(2)12-5-7-13(8-6-12)15-10-16(21-20-15)14-4-3-9-19-17(14)18/h3-11H,1-2H3,(H2,18,19)(H,20,21). The average molecular weight is 278 g/mol. The molecule has 2 heterocycles. The topological polar surface area (TPSA) is 67.6 Å². The molecule has 2 aromatic heterocycles. The van der Waals surface area contributed by atoms with Crippen molar-refractivity contribution in [2.75, 3.05) is 5.73 Å². The summed E-state index contributed by atoms with van der Waals surface area (Å²) in [6.07, 6.45) is 1.68. The predicted molar refractivity (Wildman–Crippen MR) is 85.8 cm³/mol. The number of aromatic nitrogens is 3. The summed E-state index contributed by atoms with van der Waals surface area (Å²) < 4.78 is 0. The fourth-order valence-electron chi connectivity index (χ4n) is 2.29. The molecular weight excluding hydrogens is 260 g/mol. The van der Waals surface area contributed by atoms with E-state index in [1.54, 1.807) is 6.20 Å². The van der Waals surface area contributed by atoms with Crippen molar-refractivity contribution in [2.24, 2.45) is 0 Å².